The smallest absolute Gasteiger partial charge is 0.335 e. The zero-order valence-electron chi connectivity index (χ0n) is 20.3. The fourth-order valence-corrected chi connectivity index (χ4v) is 3.71. The van der Waals surface area contributed by atoms with Crippen molar-refractivity contribution >= 4 is 30.1 Å². The summed E-state index contributed by atoms with van der Waals surface area (Å²) in [7, 11) is 0. The standard InChI is InChI=1S/C29H21N3O7/c33-27(19-5-2-1-3-6-19)31-23(13-18-9-11-25-26(14-18)38-17-37-25)28(34)32-30-16-22-10-12-24(39-22)20-7-4-8-21(15-20)29(35)36/h1-16H,17H2,(H,31,33)(H,32,34)(H,35,36)/b23-13+,30-16+. The van der Waals surface area contributed by atoms with Gasteiger partial charge in [0, 0.05) is 11.1 Å². The molecule has 0 radical (unpaired) electrons. The number of carbonyl (C=O) groups excluding carboxylic acids is 2. The number of furan rings is 1. The summed E-state index contributed by atoms with van der Waals surface area (Å²) in [5.74, 6) is -0.320. The molecule has 0 saturated carbocycles. The van der Waals surface area contributed by atoms with Gasteiger partial charge < -0.3 is 24.3 Å². The Morgan fingerprint density at radius 2 is 1.64 bits per heavy atom. The van der Waals surface area contributed by atoms with Gasteiger partial charge in [-0.05, 0) is 60.2 Å². The van der Waals surface area contributed by atoms with Gasteiger partial charge in [0.25, 0.3) is 11.8 Å². The molecule has 1 aromatic heterocycles. The number of hydrazone groups is 1. The monoisotopic (exact) mass is 523 g/mol. The highest BCUT2D eigenvalue weighted by atomic mass is 16.7. The van der Waals surface area contributed by atoms with Crippen molar-refractivity contribution < 1.29 is 33.4 Å². The van der Waals surface area contributed by atoms with Crippen molar-refractivity contribution in [1.29, 1.82) is 0 Å². The van der Waals surface area contributed by atoms with Crippen LogP contribution in [0, 0.1) is 0 Å². The van der Waals surface area contributed by atoms with Gasteiger partial charge in [-0.3, -0.25) is 9.59 Å². The van der Waals surface area contributed by atoms with Gasteiger partial charge >= 0.3 is 5.97 Å². The maximum Gasteiger partial charge on any atom is 0.335 e. The highest BCUT2D eigenvalue weighted by Crippen LogP contribution is 2.33. The lowest BCUT2D eigenvalue weighted by Crippen LogP contribution is -2.32. The summed E-state index contributed by atoms with van der Waals surface area (Å²) in [6.45, 7) is 0.106. The van der Waals surface area contributed by atoms with Crippen molar-refractivity contribution in [3.8, 4) is 22.8 Å². The Morgan fingerprint density at radius 3 is 2.46 bits per heavy atom. The van der Waals surface area contributed by atoms with Crippen molar-refractivity contribution in [3.05, 3.63) is 113 Å². The molecule has 39 heavy (non-hydrogen) atoms. The van der Waals surface area contributed by atoms with Crippen LogP contribution in [0.4, 0.5) is 0 Å². The van der Waals surface area contributed by atoms with E-state index in [0.29, 0.717) is 39.7 Å². The summed E-state index contributed by atoms with van der Waals surface area (Å²) in [6, 6.07) is 23.2. The van der Waals surface area contributed by atoms with Gasteiger partial charge in [-0.25, -0.2) is 10.2 Å². The number of hydrogen-bond donors (Lipinski definition) is 3. The van der Waals surface area contributed by atoms with Crippen LogP contribution >= 0.6 is 0 Å². The zero-order chi connectivity index (χ0) is 27.2. The normalized spacial score (nSPS) is 12.4. The summed E-state index contributed by atoms with van der Waals surface area (Å²) in [4.78, 5) is 37.0. The summed E-state index contributed by atoms with van der Waals surface area (Å²) in [5.41, 5.74) is 4.02. The molecule has 3 aromatic carbocycles. The third kappa shape index (κ3) is 6.03. The van der Waals surface area contributed by atoms with Gasteiger partial charge in [0.2, 0.25) is 6.79 Å². The molecule has 2 amide bonds. The highest BCUT2D eigenvalue weighted by molar-refractivity contribution is 6.05. The number of hydrogen-bond acceptors (Lipinski definition) is 7. The van der Waals surface area contributed by atoms with E-state index >= 15 is 0 Å². The maximum absolute atomic E-state index is 13.0. The van der Waals surface area contributed by atoms with Crippen LogP contribution in [0.5, 0.6) is 11.5 Å². The Morgan fingerprint density at radius 1 is 0.846 bits per heavy atom. The molecule has 2 heterocycles. The first-order valence-electron chi connectivity index (χ1n) is 11.7. The Labute approximate surface area is 222 Å². The molecule has 10 heteroatoms. The largest absolute Gasteiger partial charge is 0.478 e. The van der Waals surface area contributed by atoms with Gasteiger partial charge in [0.15, 0.2) is 11.5 Å². The number of carboxylic acids is 1. The molecule has 4 aromatic rings. The second-order valence-corrected chi connectivity index (χ2v) is 8.28. The Kier molecular flexibility index (Phi) is 7.17. The van der Waals surface area contributed by atoms with Gasteiger partial charge in [-0.1, -0.05) is 36.4 Å². The van der Waals surface area contributed by atoms with Gasteiger partial charge in [0.05, 0.1) is 11.8 Å². The van der Waals surface area contributed by atoms with E-state index in [1.807, 2.05) is 0 Å². The first-order chi connectivity index (χ1) is 19.0. The second-order valence-electron chi connectivity index (χ2n) is 8.28. The summed E-state index contributed by atoms with van der Waals surface area (Å²) < 4.78 is 16.4. The van der Waals surface area contributed by atoms with Crippen molar-refractivity contribution in [2.45, 2.75) is 0 Å². The third-order valence-corrected chi connectivity index (χ3v) is 5.62. The number of carboxylic acid groups (broad SMARTS) is 1. The molecular weight excluding hydrogens is 502 g/mol. The molecule has 1 aliphatic heterocycles. The van der Waals surface area contributed by atoms with E-state index in [9.17, 15) is 19.5 Å². The molecule has 1 aliphatic rings. The van der Waals surface area contributed by atoms with Crippen LogP contribution in [-0.2, 0) is 4.79 Å². The van der Waals surface area contributed by atoms with Gasteiger partial charge in [-0.2, -0.15) is 5.10 Å². The number of rotatable bonds is 8. The molecule has 0 bridgehead atoms. The molecule has 5 rings (SSSR count). The molecule has 0 atom stereocenters. The first-order valence-corrected chi connectivity index (χ1v) is 11.7. The lowest BCUT2D eigenvalue weighted by atomic mass is 10.1. The van der Waals surface area contributed by atoms with Crippen molar-refractivity contribution in [2.24, 2.45) is 5.10 Å². The van der Waals surface area contributed by atoms with Crippen LogP contribution in [0.25, 0.3) is 17.4 Å². The zero-order valence-corrected chi connectivity index (χ0v) is 20.3. The number of fused-ring (bicyclic) bond motifs is 1. The van der Waals surface area contributed by atoms with Gasteiger partial charge in [-0.15, -0.1) is 0 Å². The van der Waals surface area contributed by atoms with E-state index in [1.165, 1.54) is 24.4 Å². The molecule has 0 saturated heterocycles. The van der Waals surface area contributed by atoms with E-state index < -0.39 is 17.8 Å². The quantitative estimate of drug-likeness (QED) is 0.178. The molecule has 0 spiro atoms. The number of benzene rings is 3. The van der Waals surface area contributed by atoms with E-state index in [0.717, 1.165) is 0 Å². The predicted octanol–water partition coefficient (Wildman–Crippen LogP) is 4.29. The average Bonchev–Trinajstić information content (AvgIpc) is 3.63. The van der Waals surface area contributed by atoms with Crippen molar-refractivity contribution in [1.82, 2.24) is 10.7 Å². The average molecular weight is 524 g/mol. The van der Waals surface area contributed by atoms with Crippen LogP contribution < -0.4 is 20.2 Å². The molecule has 0 aliphatic carbocycles. The minimum Gasteiger partial charge on any atom is -0.478 e. The minimum atomic E-state index is -1.04. The highest BCUT2D eigenvalue weighted by Gasteiger charge is 2.17. The van der Waals surface area contributed by atoms with E-state index in [1.54, 1.807) is 72.8 Å². The van der Waals surface area contributed by atoms with Crippen LogP contribution in [0.3, 0.4) is 0 Å². The number of carbonyl (C=O) groups is 3. The minimum absolute atomic E-state index is 0.0505. The van der Waals surface area contributed by atoms with Crippen molar-refractivity contribution in [2.75, 3.05) is 6.79 Å². The predicted molar refractivity (Wildman–Crippen MR) is 141 cm³/mol. The number of ether oxygens (including phenoxy) is 2. The van der Waals surface area contributed by atoms with Crippen LogP contribution in [-0.4, -0.2) is 35.9 Å². The molecule has 3 N–H and O–H groups in total. The molecular formula is C29H21N3O7. The Bertz CT molecular complexity index is 1610. The summed E-state index contributed by atoms with van der Waals surface area (Å²) >= 11 is 0. The molecule has 0 unspecified atom stereocenters. The molecule has 10 nitrogen and oxygen atoms in total. The van der Waals surface area contributed by atoms with Crippen LogP contribution in [0.1, 0.15) is 32.0 Å². The maximum atomic E-state index is 13.0. The number of nitrogens with zero attached hydrogens (tertiary/aromatic N) is 1. The van der Waals surface area contributed by atoms with Gasteiger partial charge in [0.1, 0.15) is 17.2 Å². The Balaban J connectivity index is 1.33. The summed E-state index contributed by atoms with van der Waals surface area (Å²) in [5, 5.41) is 15.8. The number of amides is 2. The fraction of sp³-hybridized carbons (Fsp3) is 0.0345. The lowest BCUT2D eigenvalue weighted by molar-refractivity contribution is -0.117. The SMILES string of the molecule is O=C(N/N=C/c1ccc(-c2cccc(C(=O)O)c2)o1)/C(=C\c1ccc2c(c1)OCO2)NC(=O)c1ccccc1. The molecule has 0 fully saturated rings. The van der Waals surface area contributed by atoms with Crippen LogP contribution in [0.15, 0.2) is 100 Å². The lowest BCUT2D eigenvalue weighted by Gasteiger charge is -2.09. The Hall–Kier alpha value is -5.64. The fourth-order valence-electron chi connectivity index (χ4n) is 3.71. The summed E-state index contributed by atoms with van der Waals surface area (Å²) in [6.07, 6.45) is 2.79. The van der Waals surface area contributed by atoms with E-state index in [-0.39, 0.29) is 18.1 Å². The third-order valence-electron chi connectivity index (χ3n) is 5.62. The molecule has 194 valence electrons. The number of nitrogens with one attached hydrogen (secondary N) is 2. The van der Waals surface area contributed by atoms with E-state index in [4.69, 9.17) is 13.9 Å². The first kappa shape index (κ1) is 25.0. The van der Waals surface area contributed by atoms with Crippen LogP contribution in [0.2, 0.25) is 0 Å². The number of aromatic carboxylic acids is 1. The second kappa shape index (κ2) is 11.2. The van der Waals surface area contributed by atoms with Crippen molar-refractivity contribution in [3.63, 3.8) is 0 Å². The van der Waals surface area contributed by atoms with E-state index in [2.05, 4.69) is 15.8 Å². The topological polar surface area (TPSA) is 139 Å².